The number of amides is 1. The number of halogens is 1. The Morgan fingerprint density at radius 2 is 2.16 bits per heavy atom. The van der Waals surface area contributed by atoms with E-state index in [1.165, 1.54) is 12.0 Å². The van der Waals surface area contributed by atoms with E-state index in [0.29, 0.717) is 5.89 Å². The molecule has 3 aromatic rings. The Morgan fingerprint density at radius 1 is 1.28 bits per heavy atom. The number of hydrogen-bond donors (Lipinski definition) is 1. The Kier molecular flexibility index (Phi) is 4.13. The summed E-state index contributed by atoms with van der Waals surface area (Å²) in [5, 5.41) is 10.7. The summed E-state index contributed by atoms with van der Waals surface area (Å²) in [5.74, 6) is 0.794. The molecule has 2 aromatic carbocycles. The summed E-state index contributed by atoms with van der Waals surface area (Å²) in [4.78, 5) is 12.6. The first-order valence-corrected chi connectivity index (χ1v) is 8.84. The molecule has 5 nitrogen and oxygen atoms in total. The van der Waals surface area contributed by atoms with Crippen molar-refractivity contribution in [3.05, 3.63) is 64.5 Å². The van der Waals surface area contributed by atoms with Crippen LogP contribution in [0.25, 0.3) is 11.5 Å². The second kappa shape index (κ2) is 6.44. The fourth-order valence-electron chi connectivity index (χ4n) is 3.00. The molecule has 1 aliphatic carbocycles. The van der Waals surface area contributed by atoms with Gasteiger partial charge in [0.2, 0.25) is 18.2 Å². The van der Waals surface area contributed by atoms with Gasteiger partial charge in [0.1, 0.15) is 0 Å². The average molecular weight is 398 g/mol. The highest BCUT2D eigenvalue weighted by Crippen LogP contribution is 2.48. The Balaban J connectivity index is 1.49. The van der Waals surface area contributed by atoms with Crippen LogP contribution in [0, 0.1) is 12.8 Å². The van der Waals surface area contributed by atoms with E-state index in [1.807, 2.05) is 37.3 Å². The van der Waals surface area contributed by atoms with Gasteiger partial charge in [0, 0.05) is 21.6 Å². The van der Waals surface area contributed by atoms with Gasteiger partial charge in [-0.1, -0.05) is 34.1 Å². The quantitative estimate of drug-likeness (QED) is 0.700. The highest BCUT2D eigenvalue weighted by molar-refractivity contribution is 9.10. The first kappa shape index (κ1) is 16.0. The van der Waals surface area contributed by atoms with Gasteiger partial charge in [-0.15, -0.1) is 10.2 Å². The summed E-state index contributed by atoms with van der Waals surface area (Å²) < 4.78 is 6.27. The summed E-state index contributed by atoms with van der Waals surface area (Å²) in [5.41, 5.74) is 3.76. The number of anilines is 1. The van der Waals surface area contributed by atoms with Crippen molar-refractivity contribution >= 4 is 27.5 Å². The largest absolute Gasteiger partial charge is 0.423 e. The minimum Gasteiger partial charge on any atom is -0.423 e. The van der Waals surface area contributed by atoms with Gasteiger partial charge in [0.25, 0.3) is 0 Å². The van der Waals surface area contributed by atoms with E-state index in [4.69, 9.17) is 4.42 Å². The fourth-order valence-corrected chi connectivity index (χ4v) is 3.42. The number of hydrogen-bond acceptors (Lipinski definition) is 4. The second-order valence-corrected chi connectivity index (χ2v) is 7.18. The number of aromatic nitrogens is 2. The summed E-state index contributed by atoms with van der Waals surface area (Å²) >= 11 is 3.48. The molecule has 1 aromatic heterocycles. The lowest BCUT2D eigenvalue weighted by Gasteiger charge is -2.09. The molecule has 0 radical (unpaired) electrons. The zero-order valence-corrected chi connectivity index (χ0v) is 15.2. The van der Waals surface area contributed by atoms with Crippen LogP contribution in [0.1, 0.15) is 23.5 Å². The van der Waals surface area contributed by atoms with Gasteiger partial charge in [-0.3, -0.25) is 4.79 Å². The van der Waals surface area contributed by atoms with E-state index >= 15 is 0 Å². The number of carbonyl (C=O) groups is 1. The molecule has 4 rings (SSSR count). The van der Waals surface area contributed by atoms with Crippen molar-refractivity contribution < 1.29 is 9.21 Å². The van der Waals surface area contributed by atoms with Crippen molar-refractivity contribution in [2.24, 2.45) is 5.92 Å². The van der Waals surface area contributed by atoms with Crippen LogP contribution in [0.4, 0.5) is 5.69 Å². The van der Waals surface area contributed by atoms with E-state index in [9.17, 15) is 4.79 Å². The lowest BCUT2D eigenvalue weighted by Crippen LogP contribution is -2.15. The van der Waals surface area contributed by atoms with E-state index in [-0.39, 0.29) is 17.7 Å². The lowest BCUT2D eigenvalue weighted by atomic mass is 10.1. The topological polar surface area (TPSA) is 68.0 Å². The first-order chi connectivity index (χ1) is 12.1. The number of nitrogens with one attached hydrogen (secondary N) is 1. The van der Waals surface area contributed by atoms with Crippen LogP contribution in [-0.4, -0.2) is 16.1 Å². The van der Waals surface area contributed by atoms with Gasteiger partial charge in [-0.25, -0.2) is 0 Å². The first-order valence-electron chi connectivity index (χ1n) is 8.05. The number of rotatable bonds is 4. The second-order valence-electron chi connectivity index (χ2n) is 6.27. The molecule has 1 aliphatic rings. The molecule has 25 heavy (non-hydrogen) atoms. The molecule has 0 spiro atoms. The molecular formula is C19H16BrN3O2. The third kappa shape index (κ3) is 3.35. The molecule has 2 atom stereocenters. The molecule has 6 heteroatoms. The predicted molar refractivity (Wildman–Crippen MR) is 98.1 cm³/mol. The van der Waals surface area contributed by atoms with Crippen LogP contribution in [0.2, 0.25) is 0 Å². The predicted octanol–water partition coefficient (Wildman–Crippen LogP) is 4.55. The number of carbonyl (C=O) groups excluding carboxylic acids is 1. The molecule has 1 saturated carbocycles. The highest BCUT2D eigenvalue weighted by atomic mass is 79.9. The van der Waals surface area contributed by atoms with Gasteiger partial charge >= 0.3 is 0 Å². The third-order valence-corrected chi connectivity index (χ3v) is 5.00. The highest BCUT2D eigenvalue weighted by Gasteiger charge is 2.44. The minimum absolute atomic E-state index is 0.0146. The van der Waals surface area contributed by atoms with Crippen LogP contribution in [0.5, 0.6) is 0 Å². The third-order valence-electron chi connectivity index (χ3n) is 4.51. The fraction of sp³-hybridized carbons (Fsp3) is 0.211. The van der Waals surface area contributed by atoms with Crippen LogP contribution in [0.3, 0.4) is 0 Å². The van der Waals surface area contributed by atoms with Gasteiger partial charge in [-0.05, 0) is 54.7 Å². The zero-order chi connectivity index (χ0) is 17.4. The van der Waals surface area contributed by atoms with Crippen molar-refractivity contribution in [1.29, 1.82) is 0 Å². The molecule has 2 unspecified atom stereocenters. The molecule has 1 heterocycles. The van der Waals surface area contributed by atoms with Crippen molar-refractivity contribution in [3.8, 4) is 11.5 Å². The Hall–Kier alpha value is -2.47. The maximum absolute atomic E-state index is 12.6. The summed E-state index contributed by atoms with van der Waals surface area (Å²) in [6, 6.07) is 13.9. The molecular weight excluding hydrogens is 382 g/mol. The van der Waals surface area contributed by atoms with Crippen LogP contribution in [-0.2, 0) is 4.79 Å². The van der Waals surface area contributed by atoms with Gasteiger partial charge in [-0.2, -0.15) is 0 Å². The Labute approximate surface area is 153 Å². The van der Waals surface area contributed by atoms with Crippen molar-refractivity contribution in [3.63, 3.8) is 0 Å². The molecule has 126 valence electrons. The molecule has 0 saturated heterocycles. The molecule has 0 aliphatic heterocycles. The van der Waals surface area contributed by atoms with E-state index in [2.05, 4.69) is 43.6 Å². The van der Waals surface area contributed by atoms with E-state index in [1.54, 1.807) is 0 Å². The number of benzene rings is 2. The lowest BCUT2D eigenvalue weighted by molar-refractivity contribution is -0.117. The van der Waals surface area contributed by atoms with Gasteiger partial charge in [0.05, 0.1) is 0 Å². The van der Waals surface area contributed by atoms with Crippen LogP contribution >= 0.6 is 15.9 Å². The summed E-state index contributed by atoms with van der Waals surface area (Å²) in [6.45, 7) is 1.96. The van der Waals surface area contributed by atoms with E-state index < -0.39 is 0 Å². The summed E-state index contributed by atoms with van der Waals surface area (Å²) in [7, 11) is 0. The van der Waals surface area contributed by atoms with Crippen LogP contribution in [0.15, 0.2) is 57.7 Å². The Bertz CT molecular complexity index is 924. The zero-order valence-electron chi connectivity index (χ0n) is 13.6. The van der Waals surface area contributed by atoms with Gasteiger partial charge in [0.15, 0.2) is 0 Å². The maximum atomic E-state index is 12.6. The average Bonchev–Trinajstić information content (AvgIpc) is 3.23. The van der Waals surface area contributed by atoms with E-state index in [0.717, 1.165) is 27.7 Å². The number of nitrogens with zero attached hydrogens (tertiary/aromatic N) is 2. The van der Waals surface area contributed by atoms with Gasteiger partial charge < -0.3 is 9.73 Å². The SMILES string of the molecule is Cc1ccc(-c2nnco2)cc1NC(=O)C1CC1c1cccc(Br)c1. The summed E-state index contributed by atoms with van der Waals surface area (Å²) in [6.07, 6.45) is 2.17. The standard InChI is InChI=1S/C19H16BrN3O2/c1-11-5-6-13(19-23-21-10-25-19)8-17(11)22-18(24)16-9-15(16)12-3-2-4-14(20)7-12/h2-8,10,15-16H,9H2,1H3,(H,22,24). The molecule has 0 bridgehead atoms. The molecule has 1 fully saturated rings. The molecule has 1 amide bonds. The molecule has 1 N–H and O–H groups in total. The van der Waals surface area contributed by atoms with Crippen molar-refractivity contribution in [2.45, 2.75) is 19.3 Å². The minimum atomic E-state index is 0.0146. The van der Waals surface area contributed by atoms with Crippen molar-refractivity contribution in [1.82, 2.24) is 10.2 Å². The normalized spacial score (nSPS) is 18.8. The smallest absolute Gasteiger partial charge is 0.247 e. The number of aryl methyl sites for hydroxylation is 1. The van der Waals surface area contributed by atoms with Crippen molar-refractivity contribution in [2.75, 3.05) is 5.32 Å². The Morgan fingerprint density at radius 3 is 2.92 bits per heavy atom. The van der Waals surface area contributed by atoms with Crippen LogP contribution < -0.4 is 5.32 Å². The monoisotopic (exact) mass is 397 g/mol. The maximum Gasteiger partial charge on any atom is 0.247 e.